The lowest BCUT2D eigenvalue weighted by Gasteiger charge is -2.35. The van der Waals surface area contributed by atoms with Crippen LogP contribution in [0.1, 0.15) is 0 Å². The Morgan fingerprint density at radius 2 is 1.83 bits per heavy atom. The van der Waals surface area contributed by atoms with Gasteiger partial charge in [0.1, 0.15) is 36.3 Å². The van der Waals surface area contributed by atoms with Gasteiger partial charge in [-0.25, -0.2) is 19.6 Å². The molecule has 1 amide bonds. The monoisotopic (exact) mass is 395 g/mol. The fraction of sp³-hybridized carbons (Fsp3) is 0.316. The Bertz CT molecular complexity index is 956. The maximum Gasteiger partial charge on any atom is 0.260 e. The second kappa shape index (κ2) is 8.55. The zero-order valence-electron chi connectivity index (χ0n) is 16.0. The number of nitrogens with zero attached hydrogens (tertiary/aromatic N) is 7. The number of piperazine rings is 1. The van der Waals surface area contributed by atoms with Crippen molar-refractivity contribution >= 4 is 11.7 Å². The van der Waals surface area contributed by atoms with E-state index >= 15 is 0 Å². The maximum atomic E-state index is 12.5. The summed E-state index contributed by atoms with van der Waals surface area (Å²) in [6.07, 6.45) is 4.55. The smallest absolute Gasteiger partial charge is 0.260 e. The van der Waals surface area contributed by atoms with Gasteiger partial charge in [0.05, 0.1) is 7.11 Å². The summed E-state index contributed by atoms with van der Waals surface area (Å²) >= 11 is 0. The van der Waals surface area contributed by atoms with Crippen LogP contribution in [0.3, 0.4) is 0 Å². The molecule has 1 aliphatic rings. The third-order valence-corrected chi connectivity index (χ3v) is 4.65. The molecular formula is C19H21N7O3. The lowest BCUT2D eigenvalue weighted by molar-refractivity contribution is -0.133. The Morgan fingerprint density at radius 3 is 2.59 bits per heavy atom. The molecule has 0 bridgehead atoms. The first-order chi connectivity index (χ1) is 14.2. The quantitative estimate of drug-likeness (QED) is 0.604. The molecule has 10 heteroatoms. The van der Waals surface area contributed by atoms with Crippen molar-refractivity contribution in [2.75, 3.05) is 44.8 Å². The van der Waals surface area contributed by atoms with Crippen molar-refractivity contribution in [2.24, 2.45) is 0 Å². The highest BCUT2D eigenvalue weighted by Gasteiger charge is 2.22. The van der Waals surface area contributed by atoms with Crippen molar-refractivity contribution in [1.82, 2.24) is 29.6 Å². The molecular weight excluding hydrogens is 374 g/mol. The van der Waals surface area contributed by atoms with E-state index in [1.54, 1.807) is 35.2 Å². The molecule has 1 fully saturated rings. The van der Waals surface area contributed by atoms with E-state index in [1.165, 1.54) is 12.7 Å². The number of amides is 1. The first-order valence-electron chi connectivity index (χ1n) is 9.19. The highest BCUT2D eigenvalue weighted by molar-refractivity contribution is 5.78. The number of methoxy groups -OCH3 is 1. The van der Waals surface area contributed by atoms with Gasteiger partial charge in [0.2, 0.25) is 0 Å². The van der Waals surface area contributed by atoms with Crippen LogP contribution in [0, 0.1) is 0 Å². The summed E-state index contributed by atoms with van der Waals surface area (Å²) in [5, 5.41) is 4.09. The molecule has 1 aliphatic heterocycles. The topological polar surface area (TPSA) is 98.5 Å². The first-order valence-corrected chi connectivity index (χ1v) is 9.19. The van der Waals surface area contributed by atoms with Gasteiger partial charge >= 0.3 is 0 Å². The molecule has 150 valence electrons. The number of carbonyl (C=O) groups is 1. The van der Waals surface area contributed by atoms with E-state index in [-0.39, 0.29) is 12.5 Å². The summed E-state index contributed by atoms with van der Waals surface area (Å²) < 4.78 is 12.4. The molecule has 10 nitrogen and oxygen atoms in total. The Kier molecular flexibility index (Phi) is 5.50. The second-order valence-electron chi connectivity index (χ2n) is 6.41. The molecule has 29 heavy (non-hydrogen) atoms. The van der Waals surface area contributed by atoms with E-state index in [1.807, 2.05) is 18.2 Å². The Labute approximate surface area is 167 Å². The minimum absolute atomic E-state index is 0.00286. The van der Waals surface area contributed by atoms with E-state index in [2.05, 4.69) is 25.0 Å². The van der Waals surface area contributed by atoms with Crippen LogP contribution in [-0.2, 0) is 4.79 Å². The van der Waals surface area contributed by atoms with Crippen molar-refractivity contribution < 1.29 is 14.3 Å². The summed E-state index contributed by atoms with van der Waals surface area (Å²) in [6, 6.07) is 9.07. The summed E-state index contributed by atoms with van der Waals surface area (Å²) in [5.41, 5.74) is 0. The number of hydrogen-bond donors (Lipinski definition) is 0. The van der Waals surface area contributed by atoms with E-state index in [0.717, 1.165) is 5.82 Å². The molecule has 0 radical (unpaired) electrons. The normalized spacial score (nSPS) is 14.0. The number of benzene rings is 1. The van der Waals surface area contributed by atoms with Crippen LogP contribution in [0.4, 0.5) is 5.82 Å². The third kappa shape index (κ3) is 4.42. The lowest BCUT2D eigenvalue weighted by Crippen LogP contribution is -2.50. The molecule has 0 spiro atoms. The molecule has 0 N–H and O–H groups in total. The van der Waals surface area contributed by atoms with Gasteiger partial charge in [-0.15, -0.1) is 0 Å². The van der Waals surface area contributed by atoms with Crippen molar-refractivity contribution in [3.63, 3.8) is 0 Å². The number of rotatable bonds is 6. The van der Waals surface area contributed by atoms with Crippen molar-refractivity contribution in [2.45, 2.75) is 0 Å². The van der Waals surface area contributed by atoms with E-state index < -0.39 is 0 Å². The molecule has 1 aromatic carbocycles. The van der Waals surface area contributed by atoms with Gasteiger partial charge in [-0.05, 0) is 12.1 Å². The standard InChI is InChI=1S/C19H21N7O3/c1-28-15-3-2-4-16(9-15)29-11-19(27)25-7-5-24(6-8-25)17-10-18(22-13-21-17)26-14-20-12-23-26/h2-4,9-10,12-14H,5-8,11H2,1H3. The van der Waals surface area contributed by atoms with Crippen molar-refractivity contribution in [3.05, 3.63) is 49.3 Å². The summed E-state index contributed by atoms with van der Waals surface area (Å²) in [6.45, 7) is 2.56. The third-order valence-electron chi connectivity index (χ3n) is 4.65. The number of hydrogen-bond acceptors (Lipinski definition) is 8. The average Bonchev–Trinajstić information content (AvgIpc) is 3.33. The minimum Gasteiger partial charge on any atom is -0.497 e. The molecule has 1 saturated heterocycles. The van der Waals surface area contributed by atoms with Crippen LogP contribution in [0.5, 0.6) is 11.5 Å². The predicted octanol–water partition coefficient (Wildman–Crippen LogP) is 0.793. The first kappa shape index (κ1) is 18.7. The summed E-state index contributed by atoms with van der Waals surface area (Å²) in [7, 11) is 1.59. The van der Waals surface area contributed by atoms with Gasteiger partial charge in [-0.3, -0.25) is 4.79 Å². The zero-order chi connectivity index (χ0) is 20.1. The van der Waals surface area contributed by atoms with E-state index in [9.17, 15) is 4.79 Å². The Balaban J connectivity index is 1.31. The van der Waals surface area contributed by atoms with Crippen LogP contribution in [0.15, 0.2) is 49.3 Å². The number of anilines is 1. The lowest BCUT2D eigenvalue weighted by atomic mass is 10.3. The molecule has 0 unspecified atom stereocenters. The molecule has 3 heterocycles. The Hall–Kier alpha value is -3.69. The van der Waals surface area contributed by atoms with E-state index in [0.29, 0.717) is 43.5 Å². The number of aromatic nitrogens is 5. The molecule has 0 saturated carbocycles. The average molecular weight is 395 g/mol. The maximum absolute atomic E-state index is 12.5. The second-order valence-corrected chi connectivity index (χ2v) is 6.41. The number of ether oxygens (including phenoxy) is 2. The van der Waals surface area contributed by atoms with Gasteiger partial charge in [0.15, 0.2) is 12.4 Å². The molecule has 2 aromatic heterocycles. The van der Waals surface area contributed by atoms with Crippen LogP contribution in [0.2, 0.25) is 0 Å². The number of carbonyl (C=O) groups excluding carboxylic acids is 1. The minimum atomic E-state index is -0.0431. The van der Waals surface area contributed by atoms with Crippen molar-refractivity contribution in [3.8, 4) is 17.3 Å². The fourth-order valence-corrected chi connectivity index (χ4v) is 3.07. The van der Waals surface area contributed by atoms with Crippen LogP contribution in [0.25, 0.3) is 5.82 Å². The van der Waals surface area contributed by atoms with Crippen LogP contribution in [-0.4, -0.2) is 75.4 Å². The largest absolute Gasteiger partial charge is 0.497 e. The highest BCUT2D eigenvalue weighted by atomic mass is 16.5. The molecule has 0 aliphatic carbocycles. The zero-order valence-corrected chi connectivity index (χ0v) is 16.0. The van der Waals surface area contributed by atoms with Gasteiger partial charge < -0.3 is 19.3 Å². The highest BCUT2D eigenvalue weighted by Crippen LogP contribution is 2.19. The summed E-state index contributed by atoms with van der Waals surface area (Å²) in [4.78, 5) is 28.9. The SMILES string of the molecule is COc1cccc(OCC(=O)N2CCN(c3cc(-n4cncn4)ncn3)CC2)c1. The Morgan fingerprint density at radius 1 is 1.03 bits per heavy atom. The van der Waals surface area contributed by atoms with Gasteiger partial charge in [0.25, 0.3) is 5.91 Å². The molecule has 3 aromatic rings. The van der Waals surface area contributed by atoms with Gasteiger partial charge in [-0.1, -0.05) is 6.07 Å². The van der Waals surface area contributed by atoms with Crippen molar-refractivity contribution in [1.29, 1.82) is 0 Å². The fourth-order valence-electron chi connectivity index (χ4n) is 3.07. The molecule has 0 atom stereocenters. The van der Waals surface area contributed by atoms with Crippen LogP contribution < -0.4 is 14.4 Å². The van der Waals surface area contributed by atoms with E-state index in [4.69, 9.17) is 9.47 Å². The molecule has 4 rings (SSSR count). The summed E-state index contributed by atoms with van der Waals surface area (Å²) in [5.74, 6) is 2.71. The van der Waals surface area contributed by atoms with Gasteiger partial charge in [-0.2, -0.15) is 5.10 Å². The predicted molar refractivity (Wildman–Crippen MR) is 104 cm³/mol. The van der Waals surface area contributed by atoms with Gasteiger partial charge in [0, 0.05) is 38.3 Å². The van der Waals surface area contributed by atoms with Crippen LogP contribution >= 0.6 is 0 Å².